The molecule has 1 rings (SSSR count). The Balaban J connectivity index is 3.02. The van der Waals surface area contributed by atoms with Crippen LogP contribution in [-0.4, -0.2) is 33.9 Å². The van der Waals surface area contributed by atoms with Gasteiger partial charge in [-0.1, -0.05) is 24.3 Å². The summed E-state index contributed by atoms with van der Waals surface area (Å²) in [6.07, 6.45) is 1.23. The SMILES string of the molecule is C=CCN(c1ccccc1)S(=O)(=O)C[C@@H](C)OC. The molecule has 0 aromatic heterocycles. The van der Waals surface area contributed by atoms with Gasteiger partial charge in [-0.15, -0.1) is 6.58 Å². The van der Waals surface area contributed by atoms with Gasteiger partial charge in [0.15, 0.2) is 0 Å². The standard InChI is InChI=1S/C13H19NO3S/c1-4-10-14(13-8-6-5-7-9-13)18(15,16)11-12(2)17-3/h4-9,12H,1,10-11H2,2-3H3/t12-/m1/s1. The van der Waals surface area contributed by atoms with Crippen molar-refractivity contribution < 1.29 is 13.2 Å². The van der Waals surface area contributed by atoms with Crippen LogP contribution in [0, 0.1) is 0 Å². The number of benzene rings is 1. The van der Waals surface area contributed by atoms with Crippen molar-refractivity contribution in [3.8, 4) is 0 Å². The minimum atomic E-state index is -3.41. The quantitative estimate of drug-likeness (QED) is 0.712. The summed E-state index contributed by atoms with van der Waals surface area (Å²) in [4.78, 5) is 0. The maximum absolute atomic E-state index is 12.3. The molecule has 0 aliphatic carbocycles. The van der Waals surface area contributed by atoms with Crippen LogP contribution in [0.15, 0.2) is 43.0 Å². The van der Waals surface area contributed by atoms with Crippen LogP contribution in [0.1, 0.15) is 6.92 Å². The molecule has 0 fully saturated rings. The van der Waals surface area contributed by atoms with E-state index in [-0.39, 0.29) is 18.4 Å². The predicted molar refractivity (Wildman–Crippen MR) is 74.2 cm³/mol. The molecule has 0 radical (unpaired) electrons. The molecule has 0 saturated heterocycles. The fourth-order valence-corrected chi connectivity index (χ4v) is 3.23. The first-order chi connectivity index (χ1) is 8.51. The van der Waals surface area contributed by atoms with Crippen molar-refractivity contribution in [3.05, 3.63) is 43.0 Å². The zero-order valence-electron chi connectivity index (χ0n) is 10.7. The molecule has 0 N–H and O–H groups in total. The van der Waals surface area contributed by atoms with Crippen molar-refractivity contribution >= 4 is 15.7 Å². The molecule has 0 unspecified atom stereocenters. The van der Waals surface area contributed by atoms with Gasteiger partial charge >= 0.3 is 0 Å². The van der Waals surface area contributed by atoms with E-state index in [1.165, 1.54) is 11.4 Å². The second-order valence-corrected chi connectivity index (χ2v) is 5.92. The highest BCUT2D eigenvalue weighted by Crippen LogP contribution is 2.18. The highest BCUT2D eigenvalue weighted by atomic mass is 32.2. The summed E-state index contributed by atoms with van der Waals surface area (Å²) in [6, 6.07) is 8.98. The molecular formula is C13H19NO3S. The number of hydrogen-bond acceptors (Lipinski definition) is 3. The molecule has 0 heterocycles. The zero-order valence-corrected chi connectivity index (χ0v) is 11.6. The van der Waals surface area contributed by atoms with E-state index in [4.69, 9.17) is 4.74 Å². The topological polar surface area (TPSA) is 46.6 Å². The third kappa shape index (κ3) is 3.85. The summed E-state index contributed by atoms with van der Waals surface area (Å²) in [5.41, 5.74) is 0.640. The second kappa shape index (κ2) is 6.56. The Morgan fingerprint density at radius 2 is 2.00 bits per heavy atom. The van der Waals surface area contributed by atoms with Crippen LogP contribution in [0.3, 0.4) is 0 Å². The summed E-state index contributed by atoms with van der Waals surface area (Å²) >= 11 is 0. The lowest BCUT2D eigenvalue weighted by Crippen LogP contribution is -2.36. The van der Waals surface area contributed by atoms with Crippen LogP contribution >= 0.6 is 0 Å². The summed E-state index contributed by atoms with van der Waals surface area (Å²) < 4.78 is 30.9. The summed E-state index contributed by atoms with van der Waals surface area (Å²) in [5.74, 6) is -0.0494. The van der Waals surface area contributed by atoms with Gasteiger partial charge in [0.05, 0.1) is 24.1 Å². The molecule has 1 aromatic carbocycles. The molecule has 0 aliphatic rings. The van der Waals surface area contributed by atoms with Gasteiger partial charge in [-0.2, -0.15) is 0 Å². The van der Waals surface area contributed by atoms with E-state index in [1.807, 2.05) is 6.07 Å². The summed E-state index contributed by atoms with van der Waals surface area (Å²) in [6.45, 7) is 5.58. The molecule has 4 nitrogen and oxygen atoms in total. The fourth-order valence-electron chi connectivity index (χ4n) is 1.55. The minimum absolute atomic E-state index is 0.0494. The van der Waals surface area contributed by atoms with E-state index in [1.54, 1.807) is 37.3 Å². The van der Waals surface area contributed by atoms with Gasteiger partial charge in [-0.3, -0.25) is 4.31 Å². The van der Waals surface area contributed by atoms with Crippen molar-refractivity contribution in [3.63, 3.8) is 0 Å². The van der Waals surface area contributed by atoms with Gasteiger partial charge in [-0.25, -0.2) is 8.42 Å². The van der Waals surface area contributed by atoms with Crippen LogP contribution in [0.4, 0.5) is 5.69 Å². The number of hydrogen-bond donors (Lipinski definition) is 0. The summed E-state index contributed by atoms with van der Waals surface area (Å²) in [5, 5.41) is 0. The van der Waals surface area contributed by atoms with E-state index in [2.05, 4.69) is 6.58 Å². The maximum Gasteiger partial charge on any atom is 0.237 e. The molecule has 18 heavy (non-hydrogen) atoms. The Morgan fingerprint density at radius 1 is 1.39 bits per heavy atom. The molecule has 1 atom stereocenters. The first kappa shape index (κ1) is 14.7. The maximum atomic E-state index is 12.3. The summed E-state index contributed by atoms with van der Waals surface area (Å²) in [7, 11) is -1.91. The van der Waals surface area contributed by atoms with E-state index in [9.17, 15) is 8.42 Å². The first-order valence-corrected chi connectivity index (χ1v) is 7.31. The zero-order chi connectivity index (χ0) is 13.6. The van der Waals surface area contributed by atoms with Crippen LogP contribution in [0.25, 0.3) is 0 Å². The monoisotopic (exact) mass is 269 g/mol. The average molecular weight is 269 g/mol. The van der Waals surface area contributed by atoms with Gasteiger partial charge in [-0.05, 0) is 19.1 Å². The van der Waals surface area contributed by atoms with Crippen molar-refractivity contribution in [1.29, 1.82) is 0 Å². The van der Waals surface area contributed by atoms with Crippen molar-refractivity contribution in [2.45, 2.75) is 13.0 Å². The number of rotatable bonds is 7. The van der Waals surface area contributed by atoms with Gasteiger partial charge in [0.1, 0.15) is 0 Å². The smallest absolute Gasteiger partial charge is 0.237 e. The number of anilines is 1. The van der Waals surface area contributed by atoms with Gasteiger partial charge in [0.2, 0.25) is 10.0 Å². The van der Waals surface area contributed by atoms with Crippen molar-refractivity contribution in [2.75, 3.05) is 23.7 Å². The fraction of sp³-hybridized carbons (Fsp3) is 0.385. The highest BCUT2D eigenvalue weighted by molar-refractivity contribution is 7.92. The molecule has 0 bridgehead atoms. The molecule has 0 aliphatic heterocycles. The number of ether oxygens (including phenoxy) is 1. The number of methoxy groups -OCH3 is 1. The molecule has 0 spiro atoms. The lowest BCUT2D eigenvalue weighted by atomic mass is 10.3. The highest BCUT2D eigenvalue weighted by Gasteiger charge is 2.23. The van der Waals surface area contributed by atoms with Crippen molar-refractivity contribution in [2.24, 2.45) is 0 Å². The second-order valence-electron chi connectivity index (χ2n) is 3.98. The Hall–Kier alpha value is -1.33. The largest absolute Gasteiger partial charge is 0.381 e. The molecule has 0 amide bonds. The number of sulfonamides is 1. The molecule has 100 valence electrons. The lowest BCUT2D eigenvalue weighted by Gasteiger charge is -2.24. The molecule has 1 aromatic rings. The molecule has 0 saturated carbocycles. The first-order valence-electron chi connectivity index (χ1n) is 5.70. The molecular weight excluding hydrogens is 250 g/mol. The third-order valence-corrected chi connectivity index (χ3v) is 4.44. The average Bonchev–Trinajstić information content (AvgIpc) is 2.36. The van der Waals surface area contributed by atoms with Crippen LogP contribution in [0.5, 0.6) is 0 Å². The Kier molecular flexibility index (Phi) is 5.37. The number of nitrogens with zero attached hydrogens (tertiary/aromatic N) is 1. The lowest BCUT2D eigenvalue weighted by molar-refractivity contribution is 0.136. The number of para-hydroxylation sites is 1. The predicted octanol–water partition coefficient (Wildman–Crippen LogP) is 2.04. The Bertz CT molecular complexity index is 470. The van der Waals surface area contributed by atoms with Crippen LogP contribution in [0.2, 0.25) is 0 Å². The van der Waals surface area contributed by atoms with E-state index < -0.39 is 10.0 Å². The van der Waals surface area contributed by atoms with Gasteiger partial charge < -0.3 is 4.74 Å². The third-order valence-electron chi connectivity index (χ3n) is 2.52. The van der Waals surface area contributed by atoms with Crippen LogP contribution in [-0.2, 0) is 14.8 Å². The van der Waals surface area contributed by atoms with E-state index in [0.717, 1.165) is 0 Å². The normalized spacial score (nSPS) is 13.0. The molecule has 5 heteroatoms. The van der Waals surface area contributed by atoms with Crippen molar-refractivity contribution in [1.82, 2.24) is 0 Å². The van der Waals surface area contributed by atoms with E-state index >= 15 is 0 Å². The van der Waals surface area contributed by atoms with Gasteiger partial charge in [0, 0.05) is 7.11 Å². The Morgan fingerprint density at radius 3 is 2.50 bits per heavy atom. The Labute approximate surface area is 109 Å². The minimum Gasteiger partial charge on any atom is -0.381 e. The van der Waals surface area contributed by atoms with Crippen LogP contribution < -0.4 is 4.31 Å². The van der Waals surface area contributed by atoms with E-state index in [0.29, 0.717) is 5.69 Å². The van der Waals surface area contributed by atoms with Gasteiger partial charge in [0.25, 0.3) is 0 Å².